The first-order valence-electron chi connectivity index (χ1n) is 10.2. The van der Waals surface area contributed by atoms with E-state index in [1.807, 2.05) is 66.7 Å². The van der Waals surface area contributed by atoms with Gasteiger partial charge in [-0.2, -0.15) is 0 Å². The number of aliphatic hydroxyl groups is 1. The molecule has 0 fully saturated rings. The first-order chi connectivity index (χ1) is 14.7. The molecular formula is C24H28N2O4. The first-order valence-corrected chi connectivity index (χ1v) is 10.2. The molecule has 3 atom stereocenters. The SMILES string of the molecule is CCOC1CC=CC=C1C(O)N1C=CC2=C(c3ccc(OC)c(OC)c3)C=CNC21. The zero-order valence-electron chi connectivity index (χ0n) is 17.5. The summed E-state index contributed by atoms with van der Waals surface area (Å²) in [4.78, 5) is 1.93. The van der Waals surface area contributed by atoms with E-state index in [0.717, 1.165) is 28.7 Å². The molecule has 3 aliphatic rings. The summed E-state index contributed by atoms with van der Waals surface area (Å²) in [6.07, 6.45) is 13.7. The number of fused-ring (bicyclic) bond motifs is 1. The number of hydrogen-bond acceptors (Lipinski definition) is 6. The van der Waals surface area contributed by atoms with Crippen LogP contribution < -0.4 is 14.8 Å². The topological polar surface area (TPSA) is 63.2 Å². The third kappa shape index (κ3) is 3.64. The van der Waals surface area contributed by atoms with E-state index in [4.69, 9.17) is 14.2 Å². The number of dihydropyridines is 1. The molecule has 1 aromatic rings. The van der Waals surface area contributed by atoms with Gasteiger partial charge in [-0.1, -0.05) is 24.3 Å². The Morgan fingerprint density at radius 3 is 2.80 bits per heavy atom. The molecule has 0 saturated carbocycles. The van der Waals surface area contributed by atoms with Crippen LogP contribution in [0.2, 0.25) is 0 Å². The fraction of sp³-hybridized carbons (Fsp3) is 0.333. The van der Waals surface area contributed by atoms with Crippen LogP contribution >= 0.6 is 0 Å². The van der Waals surface area contributed by atoms with Crippen LogP contribution in [-0.2, 0) is 4.74 Å². The molecule has 4 rings (SSSR count). The quantitative estimate of drug-likeness (QED) is 0.722. The lowest BCUT2D eigenvalue weighted by Gasteiger charge is -2.36. The molecule has 6 nitrogen and oxygen atoms in total. The molecule has 3 unspecified atom stereocenters. The Morgan fingerprint density at radius 1 is 1.20 bits per heavy atom. The molecule has 0 saturated heterocycles. The van der Waals surface area contributed by atoms with Gasteiger partial charge in [-0.15, -0.1) is 0 Å². The monoisotopic (exact) mass is 408 g/mol. The lowest BCUT2D eigenvalue weighted by molar-refractivity contribution is 0.00966. The summed E-state index contributed by atoms with van der Waals surface area (Å²) in [6.45, 7) is 2.58. The van der Waals surface area contributed by atoms with E-state index in [1.165, 1.54) is 0 Å². The second-order valence-corrected chi connectivity index (χ2v) is 7.25. The van der Waals surface area contributed by atoms with Gasteiger partial charge in [0.1, 0.15) is 6.17 Å². The number of benzene rings is 1. The maximum Gasteiger partial charge on any atom is 0.161 e. The summed E-state index contributed by atoms with van der Waals surface area (Å²) in [5, 5.41) is 14.6. The average Bonchev–Trinajstić information content (AvgIpc) is 3.23. The van der Waals surface area contributed by atoms with Crippen LogP contribution in [0.3, 0.4) is 0 Å². The van der Waals surface area contributed by atoms with Crippen LogP contribution in [0.25, 0.3) is 5.57 Å². The molecule has 6 heteroatoms. The van der Waals surface area contributed by atoms with E-state index in [2.05, 4.69) is 11.4 Å². The number of hydrogen-bond donors (Lipinski definition) is 2. The van der Waals surface area contributed by atoms with Crippen molar-refractivity contribution in [2.45, 2.75) is 31.8 Å². The number of rotatable bonds is 7. The molecule has 0 aromatic heterocycles. The first kappa shape index (κ1) is 20.3. The summed E-state index contributed by atoms with van der Waals surface area (Å²) in [5.41, 5.74) is 4.06. The van der Waals surface area contributed by atoms with Crippen molar-refractivity contribution in [2.24, 2.45) is 0 Å². The van der Waals surface area contributed by atoms with Gasteiger partial charge in [0.25, 0.3) is 0 Å². The molecule has 0 amide bonds. The number of nitrogens with one attached hydrogen (secondary N) is 1. The molecule has 2 N–H and O–H groups in total. The van der Waals surface area contributed by atoms with E-state index in [1.54, 1.807) is 14.2 Å². The molecule has 0 radical (unpaired) electrons. The molecule has 30 heavy (non-hydrogen) atoms. The third-order valence-electron chi connectivity index (χ3n) is 5.62. The molecule has 0 spiro atoms. The van der Waals surface area contributed by atoms with Gasteiger partial charge < -0.3 is 29.5 Å². The highest BCUT2D eigenvalue weighted by atomic mass is 16.5. The fourth-order valence-corrected chi connectivity index (χ4v) is 4.14. The van der Waals surface area contributed by atoms with Crippen LogP contribution in [0.1, 0.15) is 18.9 Å². The Kier molecular flexibility index (Phi) is 5.97. The number of nitrogens with zero attached hydrogens (tertiary/aromatic N) is 1. The summed E-state index contributed by atoms with van der Waals surface area (Å²) in [5.74, 6) is 1.38. The Balaban J connectivity index is 1.63. The Bertz CT molecular complexity index is 945. The summed E-state index contributed by atoms with van der Waals surface area (Å²) < 4.78 is 16.7. The molecule has 1 aliphatic carbocycles. The van der Waals surface area contributed by atoms with E-state index >= 15 is 0 Å². The number of allylic oxidation sites excluding steroid dienone is 4. The lowest BCUT2D eigenvalue weighted by Crippen LogP contribution is -2.47. The Hall–Kier alpha value is -2.96. The minimum atomic E-state index is -0.782. The van der Waals surface area contributed by atoms with Gasteiger partial charge in [0.15, 0.2) is 17.7 Å². The molecule has 158 valence electrons. The zero-order chi connectivity index (χ0) is 21.1. The zero-order valence-corrected chi connectivity index (χ0v) is 17.5. The smallest absolute Gasteiger partial charge is 0.161 e. The van der Waals surface area contributed by atoms with Crippen LogP contribution in [0.4, 0.5) is 0 Å². The van der Waals surface area contributed by atoms with Gasteiger partial charge in [-0.3, -0.25) is 0 Å². The van der Waals surface area contributed by atoms with Crippen molar-refractivity contribution in [1.82, 2.24) is 10.2 Å². The normalized spacial score (nSPS) is 23.2. The summed E-state index contributed by atoms with van der Waals surface area (Å²) in [7, 11) is 3.26. The number of methoxy groups -OCH3 is 2. The van der Waals surface area contributed by atoms with Gasteiger partial charge in [0, 0.05) is 24.0 Å². The fourth-order valence-electron chi connectivity index (χ4n) is 4.14. The minimum absolute atomic E-state index is 0.110. The summed E-state index contributed by atoms with van der Waals surface area (Å²) >= 11 is 0. The Labute approximate surface area is 177 Å². The van der Waals surface area contributed by atoms with Crippen LogP contribution in [-0.4, -0.2) is 49.3 Å². The lowest BCUT2D eigenvalue weighted by atomic mass is 9.95. The van der Waals surface area contributed by atoms with Crippen molar-refractivity contribution in [3.63, 3.8) is 0 Å². The highest BCUT2D eigenvalue weighted by Gasteiger charge is 2.35. The van der Waals surface area contributed by atoms with Gasteiger partial charge in [-0.25, -0.2) is 0 Å². The number of ether oxygens (including phenoxy) is 3. The van der Waals surface area contributed by atoms with Crippen molar-refractivity contribution >= 4 is 5.57 Å². The minimum Gasteiger partial charge on any atom is -0.493 e. The van der Waals surface area contributed by atoms with E-state index in [9.17, 15) is 5.11 Å². The molecule has 1 aromatic carbocycles. The maximum absolute atomic E-state index is 11.2. The van der Waals surface area contributed by atoms with Crippen molar-refractivity contribution in [3.05, 3.63) is 77.7 Å². The number of aliphatic hydroxyl groups excluding tert-OH is 1. The predicted octanol–water partition coefficient (Wildman–Crippen LogP) is 3.34. The van der Waals surface area contributed by atoms with Crippen LogP contribution in [0, 0.1) is 0 Å². The standard InChI is InChI=1S/C24H28N2O4/c1-4-30-20-8-6-5-7-19(20)24(27)26-14-12-18-17(11-13-25-23(18)26)16-9-10-21(28-2)22(15-16)29-3/h5-7,9-15,20,23-25,27H,4,8H2,1-3H3. The second kappa shape index (κ2) is 8.81. The third-order valence-corrected chi connectivity index (χ3v) is 5.62. The van der Waals surface area contributed by atoms with Gasteiger partial charge in [-0.05, 0) is 55.0 Å². The molecule has 2 aliphatic heterocycles. The van der Waals surface area contributed by atoms with Gasteiger partial charge in [0.05, 0.1) is 20.3 Å². The van der Waals surface area contributed by atoms with Crippen LogP contribution in [0.15, 0.2) is 72.1 Å². The summed E-state index contributed by atoms with van der Waals surface area (Å²) in [6, 6.07) is 5.90. The van der Waals surface area contributed by atoms with E-state index < -0.39 is 6.23 Å². The van der Waals surface area contributed by atoms with Crippen LogP contribution in [0.5, 0.6) is 11.5 Å². The highest BCUT2D eigenvalue weighted by Crippen LogP contribution is 2.37. The van der Waals surface area contributed by atoms with E-state index in [0.29, 0.717) is 18.1 Å². The maximum atomic E-state index is 11.2. The highest BCUT2D eigenvalue weighted by molar-refractivity contribution is 5.82. The van der Waals surface area contributed by atoms with Crippen molar-refractivity contribution < 1.29 is 19.3 Å². The van der Waals surface area contributed by atoms with Gasteiger partial charge in [0.2, 0.25) is 0 Å². The predicted molar refractivity (Wildman–Crippen MR) is 117 cm³/mol. The second-order valence-electron chi connectivity index (χ2n) is 7.25. The van der Waals surface area contributed by atoms with Crippen molar-refractivity contribution in [2.75, 3.05) is 20.8 Å². The average molecular weight is 408 g/mol. The molecule has 0 bridgehead atoms. The van der Waals surface area contributed by atoms with Crippen molar-refractivity contribution in [3.8, 4) is 11.5 Å². The van der Waals surface area contributed by atoms with E-state index in [-0.39, 0.29) is 12.3 Å². The Morgan fingerprint density at radius 2 is 2.03 bits per heavy atom. The largest absolute Gasteiger partial charge is 0.493 e. The van der Waals surface area contributed by atoms with Crippen molar-refractivity contribution in [1.29, 1.82) is 0 Å². The molecule has 2 heterocycles. The molecular weight excluding hydrogens is 380 g/mol. The van der Waals surface area contributed by atoms with Gasteiger partial charge >= 0.3 is 0 Å².